The Morgan fingerprint density at radius 3 is 2.53 bits per heavy atom. The maximum atomic E-state index is 13.1. The van der Waals surface area contributed by atoms with Crippen LogP contribution in [0, 0.1) is 0 Å². The smallest absolute Gasteiger partial charge is 0.340 e. The van der Waals surface area contributed by atoms with Crippen LogP contribution in [0.1, 0.15) is 49.3 Å². The first-order chi connectivity index (χ1) is 14.4. The molecule has 2 aromatic carbocycles. The molecule has 1 aromatic heterocycles. The monoisotopic (exact) mass is 404 g/mol. The van der Waals surface area contributed by atoms with Gasteiger partial charge in [0.1, 0.15) is 11.3 Å². The lowest BCUT2D eigenvalue weighted by molar-refractivity contribution is -0.139. The molecule has 1 atom stereocenters. The zero-order chi connectivity index (χ0) is 21.4. The number of ether oxygens (including phenoxy) is 2. The van der Waals surface area contributed by atoms with Gasteiger partial charge in [0, 0.05) is 5.39 Å². The van der Waals surface area contributed by atoms with Gasteiger partial charge in [0.15, 0.2) is 0 Å². The van der Waals surface area contributed by atoms with Crippen LogP contribution in [-0.4, -0.2) is 17.6 Å². The summed E-state index contributed by atoms with van der Waals surface area (Å²) in [5, 5.41) is 0.724. The van der Waals surface area contributed by atoms with Gasteiger partial charge in [-0.2, -0.15) is 0 Å². The van der Waals surface area contributed by atoms with Crippen molar-refractivity contribution in [3.8, 4) is 5.75 Å². The molecule has 30 heavy (non-hydrogen) atoms. The summed E-state index contributed by atoms with van der Waals surface area (Å²) >= 11 is 0. The lowest BCUT2D eigenvalue weighted by Gasteiger charge is -2.28. The summed E-state index contributed by atoms with van der Waals surface area (Å²) in [5.41, 5.74) is 8.96. The fourth-order valence-corrected chi connectivity index (χ4v) is 3.89. The third-order valence-corrected chi connectivity index (χ3v) is 5.40. The fourth-order valence-electron chi connectivity index (χ4n) is 3.89. The largest absolute Gasteiger partial charge is 0.462 e. The van der Waals surface area contributed by atoms with E-state index in [9.17, 15) is 9.59 Å². The van der Waals surface area contributed by atoms with Gasteiger partial charge >= 0.3 is 5.97 Å². The predicted octanol–water partition coefficient (Wildman–Crippen LogP) is 3.91. The van der Waals surface area contributed by atoms with E-state index < -0.39 is 11.9 Å². The summed E-state index contributed by atoms with van der Waals surface area (Å²) < 4.78 is 11.1. The van der Waals surface area contributed by atoms with Gasteiger partial charge in [-0.25, -0.2) is 4.79 Å². The Balaban J connectivity index is 1.99. The van der Waals surface area contributed by atoms with E-state index in [0.29, 0.717) is 22.7 Å². The molecule has 1 aliphatic rings. The molecule has 0 fully saturated rings. The SMILES string of the molecule is CCOC(=O)C1=C(N)Oc2c(c(=O)[nH]c3ccccc23)C1c1ccc(C(C)C)cc1. The Morgan fingerprint density at radius 2 is 1.87 bits per heavy atom. The van der Waals surface area contributed by atoms with Gasteiger partial charge in [0.05, 0.1) is 23.6 Å². The predicted molar refractivity (Wildman–Crippen MR) is 115 cm³/mol. The van der Waals surface area contributed by atoms with Crippen molar-refractivity contribution in [2.45, 2.75) is 32.6 Å². The van der Waals surface area contributed by atoms with Crippen molar-refractivity contribution >= 4 is 16.9 Å². The summed E-state index contributed by atoms with van der Waals surface area (Å²) in [6.45, 7) is 6.13. The molecular formula is C24H24N2O4. The van der Waals surface area contributed by atoms with Crippen LogP contribution in [0.4, 0.5) is 0 Å². The Morgan fingerprint density at radius 1 is 1.17 bits per heavy atom. The second-order valence-corrected chi connectivity index (χ2v) is 7.60. The number of H-pyrrole nitrogens is 1. The molecule has 3 aromatic rings. The number of fused-ring (bicyclic) bond motifs is 3. The number of hydrogen-bond acceptors (Lipinski definition) is 5. The summed E-state index contributed by atoms with van der Waals surface area (Å²) in [4.78, 5) is 28.8. The van der Waals surface area contributed by atoms with Gasteiger partial charge in [-0.05, 0) is 36.1 Å². The lowest BCUT2D eigenvalue weighted by atomic mass is 9.82. The van der Waals surface area contributed by atoms with E-state index >= 15 is 0 Å². The van der Waals surface area contributed by atoms with Crippen molar-refractivity contribution in [3.63, 3.8) is 0 Å². The van der Waals surface area contributed by atoms with E-state index in [1.165, 1.54) is 0 Å². The molecular weight excluding hydrogens is 380 g/mol. The molecule has 0 radical (unpaired) electrons. The summed E-state index contributed by atoms with van der Waals surface area (Å²) in [6, 6.07) is 15.2. The maximum Gasteiger partial charge on any atom is 0.340 e. The van der Waals surface area contributed by atoms with E-state index in [0.717, 1.165) is 16.5 Å². The highest BCUT2D eigenvalue weighted by molar-refractivity contribution is 5.95. The molecule has 154 valence electrons. The van der Waals surface area contributed by atoms with Crippen LogP contribution in [0.3, 0.4) is 0 Å². The quantitative estimate of drug-likeness (QED) is 0.643. The Labute approximate surface area is 174 Å². The van der Waals surface area contributed by atoms with E-state index in [2.05, 4.69) is 18.8 Å². The zero-order valence-corrected chi connectivity index (χ0v) is 17.2. The van der Waals surface area contributed by atoms with Crippen LogP contribution in [0.2, 0.25) is 0 Å². The van der Waals surface area contributed by atoms with Crippen LogP contribution < -0.4 is 16.0 Å². The van der Waals surface area contributed by atoms with Crippen LogP contribution in [0.15, 0.2) is 64.8 Å². The lowest BCUT2D eigenvalue weighted by Crippen LogP contribution is -2.32. The number of nitrogens with two attached hydrogens (primary N) is 1. The molecule has 6 nitrogen and oxygen atoms in total. The van der Waals surface area contributed by atoms with Gasteiger partial charge in [0.25, 0.3) is 5.56 Å². The number of carbonyl (C=O) groups is 1. The average molecular weight is 404 g/mol. The molecule has 6 heteroatoms. The molecule has 0 saturated heterocycles. The molecule has 1 unspecified atom stereocenters. The zero-order valence-electron chi connectivity index (χ0n) is 17.2. The third-order valence-electron chi connectivity index (χ3n) is 5.40. The normalized spacial score (nSPS) is 15.8. The number of pyridine rings is 1. The second kappa shape index (κ2) is 7.71. The van der Waals surface area contributed by atoms with Crippen molar-refractivity contribution in [1.82, 2.24) is 4.98 Å². The number of aromatic nitrogens is 1. The molecule has 3 N–H and O–H groups in total. The fraction of sp³-hybridized carbons (Fsp3) is 0.250. The number of esters is 1. The minimum Gasteiger partial charge on any atom is -0.462 e. The standard InChI is InChI=1S/C24H24N2O4/c1-4-29-24(28)20-18(15-11-9-14(10-12-15)13(2)3)19-21(30-22(20)25)16-7-5-6-8-17(16)26-23(19)27/h5-13,18H,4,25H2,1-3H3,(H,26,27). The highest BCUT2D eigenvalue weighted by atomic mass is 16.5. The minimum atomic E-state index is -0.692. The van der Waals surface area contributed by atoms with E-state index in [-0.39, 0.29) is 23.6 Å². The second-order valence-electron chi connectivity index (χ2n) is 7.60. The van der Waals surface area contributed by atoms with Crippen LogP contribution >= 0.6 is 0 Å². The topological polar surface area (TPSA) is 94.4 Å². The first kappa shape index (κ1) is 19.8. The average Bonchev–Trinajstić information content (AvgIpc) is 2.73. The van der Waals surface area contributed by atoms with Gasteiger partial charge < -0.3 is 20.2 Å². The van der Waals surface area contributed by atoms with Crippen molar-refractivity contribution in [3.05, 3.63) is 87.0 Å². The minimum absolute atomic E-state index is 0.0466. The van der Waals surface area contributed by atoms with Gasteiger partial charge in [0.2, 0.25) is 5.88 Å². The number of rotatable bonds is 4. The Kier molecular flexibility index (Phi) is 5.08. The Bertz CT molecular complexity index is 1210. The maximum absolute atomic E-state index is 13.1. The highest BCUT2D eigenvalue weighted by Gasteiger charge is 2.38. The van der Waals surface area contributed by atoms with Crippen molar-refractivity contribution in [1.29, 1.82) is 0 Å². The molecule has 2 heterocycles. The third kappa shape index (κ3) is 3.24. The number of aromatic amines is 1. The number of benzene rings is 2. The summed E-state index contributed by atoms with van der Waals surface area (Å²) in [7, 11) is 0. The van der Waals surface area contributed by atoms with Crippen LogP contribution in [0.25, 0.3) is 10.9 Å². The Hall–Kier alpha value is -3.54. The van der Waals surface area contributed by atoms with E-state index in [4.69, 9.17) is 15.2 Å². The number of para-hydroxylation sites is 1. The molecule has 0 aliphatic carbocycles. The molecule has 4 rings (SSSR count). The molecule has 0 bridgehead atoms. The van der Waals surface area contributed by atoms with Crippen LogP contribution in [0.5, 0.6) is 5.75 Å². The number of carbonyl (C=O) groups excluding carboxylic acids is 1. The highest BCUT2D eigenvalue weighted by Crippen LogP contribution is 2.43. The molecule has 0 saturated carbocycles. The van der Waals surface area contributed by atoms with E-state index in [1.807, 2.05) is 42.5 Å². The number of hydrogen-bond donors (Lipinski definition) is 2. The van der Waals surface area contributed by atoms with Gasteiger partial charge in [-0.1, -0.05) is 50.2 Å². The van der Waals surface area contributed by atoms with Crippen LogP contribution in [-0.2, 0) is 9.53 Å². The molecule has 0 spiro atoms. The van der Waals surface area contributed by atoms with Gasteiger partial charge in [-0.15, -0.1) is 0 Å². The molecule has 1 aliphatic heterocycles. The first-order valence-corrected chi connectivity index (χ1v) is 10.0. The van der Waals surface area contributed by atoms with E-state index in [1.54, 1.807) is 13.0 Å². The van der Waals surface area contributed by atoms with Crippen molar-refractivity contribution < 1.29 is 14.3 Å². The first-order valence-electron chi connectivity index (χ1n) is 10.0. The molecule has 0 amide bonds. The van der Waals surface area contributed by atoms with Crippen molar-refractivity contribution in [2.24, 2.45) is 5.73 Å². The number of nitrogens with one attached hydrogen (secondary N) is 1. The summed E-state index contributed by atoms with van der Waals surface area (Å²) in [6.07, 6.45) is 0. The van der Waals surface area contributed by atoms with Crippen molar-refractivity contribution in [2.75, 3.05) is 6.61 Å². The van der Waals surface area contributed by atoms with Gasteiger partial charge in [-0.3, -0.25) is 4.79 Å². The summed E-state index contributed by atoms with van der Waals surface area (Å²) in [5.74, 6) is -0.598.